The van der Waals surface area contributed by atoms with E-state index in [1.165, 1.54) is 0 Å². The summed E-state index contributed by atoms with van der Waals surface area (Å²) in [4.78, 5) is 12.1. The van der Waals surface area contributed by atoms with Gasteiger partial charge in [-0.05, 0) is 54.4 Å². The Bertz CT molecular complexity index is 681. The van der Waals surface area contributed by atoms with E-state index < -0.39 is 0 Å². The smallest absolute Gasteiger partial charge is 0.271 e. The van der Waals surface area contributed by atoms with Crippen LogP contribution in [0.3, 0.4) is 0 Å². The molecule has 5 heteroatoms. The molecule has 0 spiro atoms. The van der Waals surface area contributed by atoms with Crippen molar-refractivity contribution in [2.45, 2.75) is 13.3 Å². The Kier molecular flexibility index (Phi) is 5.55. The molecular formula is C17H17ClN2O2. The summed E-state index contributed by atoms with van der Waals surface area (Å²) >= 11 is 5.88. The lowest BCUT2D eigenvalue weighted by Crippen LogP contribution is -2.19. The molecule has 0 unspecified atom stereocenters. The first-order valence-electron chi connectivity index (χ1n) is 6.91. The third-order valence-electron chi connectivity index (χ3n) is 3.14. The fourth-order valence-corrected chi connectivity index (χ4v) is 2.13. The fraction of sp³-hybridized carbons (Fsp3) is 0.176. The quantitative estimate of drug-likeness (QED) is 0.672. The minimum Gasteiger partial charge on any atom is -0.497 e. The molecule has 0 saturated heterocycles. The molecule has 0 bridgehead atoms. The van der Waals surface area contributed by atoms with Gasteiger partial charge in [0.15, 0.2) is 0 Å². The molecule has 2 rings (SSSR count). The molecule has 0 heterocycles. The first-order chi connectivity index (χ1) is 10.6. The molecule has 0 saturated carbocycles. The molecule has 2 aromatic carbocycles. The van der Waals surface area contributed by atoms with Crippen molar-refractivity contribution in [3.63, 3.8) is 0 Å². The highest BCUT2D eigenvalue weighted by Gasteiger charge is 2.07. The third kappa shape index (κ3) is 4.09. The number of nitrogens with zero attached hydrogens (tertiary/aromatic N) is 1. The summed E-state index contributed by atoms with van der Waals surface area (Å²) in [5.41, 5.74) is 4.77. The van der Waals surface area contributed by atoms with E-state index in [0.29, 0.717) is 17.0 Å². The summed E-state index contributed by atoms with van der Waals surface area (Å²) in [7, 11) is 1.62. The van der Waals surface area contributed by atoms with Gasteiger partial charge in [0.05, 0.1) is 12.8 Å². The lowest BCUT2D eigenvalue weighted by atomic mass is 10.1. The highest BCUT2D eigenvalue weighted by molar-refractivity contribution is 6.30. The Morgan fingerprint density at radius 2 is 1.91 bits per heavy atom. The average molecular weight is 317 g/mol. The fourth-order valence-electron chi connectivity index (χ4n) is 1.94. The van der Waals surface area contributed by atoms with Crippen LogP contribution in [0.15, 0.2) is 53.6 Å². The molecule has 0 aliphatic carbocycles. The number of benzene rings is 2. The van der Waals surface area contributed by atoms with E-state index in [1.807, 2.05) is 31.2 Å². The number of carbonyl (C=O) groups excluding carboxylic acids is 1. The monoisotopic (exact) mass is 316 g/mol. The molecule has 0 aliphatic heterocycles. The van der Waals surface area contributed by atoms with Crippen LogP contribution in [-0.2, 0) is 0 Å². The van der Waals surface area contributed by atoms with Gasteiger partial charge in [-0.15, -0.1) is 0 Å². The summed E-state index contributed by atoms with van der Waals surface area (Å²) < 4.78 is 5.13. The van der Waals surface area contributed by atoms with Crippen LogP contribution in [0.1, 0.15) is 29.3 Å². The van der Waals surface area contributed by atoms with Gasteiger partial charge in [-0.1, -0.05) is 24.6 Å². The summed E-state index contributed by atoms with van der Waals surface area (Å²) in [6.45, 7) is 1.98. The van der Waals surface area contributed by atoms with Gasteiger partial charge in [0, 0.05) is 10.6 Å². The highest BCUT2D eigenvalue weighted by Crippen LogP contribution is 2.13. The summed E-state index contributed by atoms with van der Waals surface area (Å²) in [6.07, 6.45) is 0.697. The predicted octanol–water partition coefficient (Wildman–Crippen LogP) is 3.89. The van der Waals surface area contributed by atoms with Crippen LogP contribution < -0.4 is 10.2 Å². The number of carbonyl (C=O) groups is 1. The van der Waals surface area contributed by atoms with Crippen LogP contribution in [-0.4, -0.2) is 18.7 Å². The van der Waals surface area contributed by atoms with E-state index in [0.717, 1.165) is 17.0 Å². The van der Waals surface area contributed by atoms with Crippen molar-refractivity contribution in [1.29, 1.82) is 0 Å². The Morgan fingerprint density at radius 3 is 2.50 bits per heavy atom. The first-order valence-corrected chi connectivity index (χ1v) is 7.28. The zero-order chi connectivity index (χ0) is 15.9. The van der Waals surface area contributed by atoms with Gasteiger partial charge in [-0.2, -0.15) is 5.10 Å². The molecule has 1 N–H and O–H groups in total. The Balaban J connectivity index is 2.13. The SMILES string of the molecule is CC/C(=N/NC(=O)c1cccc(Cl)c1)c1ccc(OC)cc1. The van der Waals surface area contributed by atoms with Crippen LogP contribution >= 0.6 is 11.6 Å². The highest BCUT2D eigenvalue weighted by atomic mass is 35.5. The van der Waals surface area contributed by atoms with E-state index in [2.05, 4.69) is 10.5 Å². The van der Waals surface area contributed by atoms with Crippen LogP contribution in [0.4, 0.5) is 0 Å². The van der Waals surface area contributed by atoms with Gasteiger partial charge in [0.1, 0.15) is 5.75 Å². The molecule has 2 aromatic rings. The van der Waals surface area contributed by atoms with Crippen LogP contribution in [0.5, 0.6) is 5.75 Å². The number of rotatable bonds is 5. The number of ether oxygens (including phenoxy) is 1. The molecule has 0 aliphatic rings. The van der Waals surface area contributed by atoms with E-state index >= 15 is 0 Å². The van der Waals surface area contributed by atoms with Crippen LogP contribution in [0.25, 0.3) is 0 Å². The maximum absolute atomic E-state index is 12.1. The Labute approximate surface area is 134 Å². The molecule has 22 heavy (non-hydrogen) atoms. The van der Waals surface area contributed by atoms with Gasteiger partial charge in [0.25, 0.3) is 5.91 Å². The third-order valence-corrected chi connectivity index (χ3v) is 3.37. The van der Waals surface area contributed by atoms with Crippen molar-refractivity contribution in [3.8, 4) is 5.75 Å². The number of hydrogen-bond donors (Lipinski definition) is 1. The summed E-state index contributed by atoms with van der Waals surface area (Å²) in [5.74, 6) is 0.490. The molecule has 0 aromatic heterocycles. The van der Waals surface area contributed by atoms with Crippen molar-refractivity contribution in [1.82, 2.24) is 5.43 Å². The molecule has 0 radical (unpaired) electrons. The van der Waals surface area contributed by atoms with Gasteiger partial charge in [-0.25, -0.2) is 5.43 Å². The van der Waals surface area contributed by atoms with Crippen LogP contribution in [0, 0.1) is 0 Å². The maximum atomic E-state index is 12.1. The van der Waals surface area contributed by atoms with Crippen molar-refractivity contribution < 1.29 is 9.53 Å². The van der Waals surface area contributed by atoms with Gasteiger partial charge < -0.3 is 4.74 Å². The molecule has 0 atom stereocenters. The van der Waals surface area contributed by atoms with Crippen molar-refractivity contribution in [2.75, 3.05) is 7.11 Å². The minimum atomic E-state index is -0.290. The number of methoxy groups -OCH3 is 1. The second-order valence-electron chi connectivity index (χ2n) is 4.59. The molecular weight excluding hydrogens is 300 g/mol. The van der Waals surface area contributed by atoms with E-state index in [-0.39, 0.29) is 5.91 Å². The second-order valence-corrected chi connectivity index (χ2v) is 5.03. The lowest BCUT2D eigenvalue weighted by Gasteiger charge is -2.06. The zero-order valence-electron chi connectivity index (χ0n) is 12.5. The zero-order valence-corrected chi connectivity index (χ0v) is 13.2. The van der Waals surface area contributed by atoms with Crippen LogP contribution in [0.2, 0.25) is 5.02 Å². The largest absolute Gasteiger partial charge is 0.497 e. The Morgan fingerprint density at radius 1 is 1.18 bits per heavy atom. The Hall–Kier alpha value is -2.33. The van der Waals surface area contributed by atoms with Gasteiger partial charge >= 0.3 is 0 Å². The van der Waals surface area contributed by atoms with Crippen molar-refractivity contribution in [2.24, 2.45) is 5.10 Å². The standard InChI is InChI=1S/C17H17ClN2O2/c1-3-16(12-7-9-15(22-2)10-8-12)19-20-17(21)13-5-4-6-14(18)11-13/h4-11H,3H2,1-2H3,(H,20,21)/b19-16-. The van der Waals surface area contributed by atoms with Crippen molar-refractivity contribution in [3.05, 3.63) is 64.7 Å². The molecule has 0 fully saturated rings. The number of hydrazone groups is 1. The number of halogens is 1. The number of nitrogens with one attached hydrogen (secondary N) is 1. The summed E-state index contributed by atoms with van der Waals surface area (Å²) in [6, 6.07) is 14.3. The molecule has 114 valence electrons. The number of amides is 1. The topological polar surface area (TPSA) is 50.7 Å². The first kappa shape index (κ1) is 16.0. The van der Waals surface area contributed by atoms with E-state index in [9.17, 15) is 4.79 Å². The van der Waals surface area contributed by atoms with E-state index in [1.54, 1.807) is 31.4 Å². The molecule has 4 nitrogen and oxygen atoms in total. The van der Waals surface area contributed by atoms with Crippen molar-refractivity contribution >= 4 is 23.2 Å². The second kappa shape index (κ2) is 7.61. The normalized spacial score (nSPS) is 11.1. The molecule has 1 amide bonds. The van der Waals surface area contributed by atoms with E-state index in [4.69, 9.17) is 16.3 Å². The lowest BCUT2D eigenvalue weighted by molar-refractivity contribution is 0.0955. The van der Waals surface area contributed by atoms with Gasteiger partial charge in [-0.3, -0.25) is 4.79 Å². The predicted molar refractivity (Wildman–Crippen MR) is 88.7 cm³/mol. The summed E-state index contributed by atoms with van der Waals surface area (Å²) in [5, 5.41) is 4.72. The average Bonchev–Trinajstić information content (AvgIpc) is 2.55. The van der Waals surface area contributed by atoms with Gasteiger partial charge in [0.2, 0.25) is 0 Å². The number of hydrogen-bond acceptors (Lipinski definition) is 3. The maximum Gasteiger partial charge on any atom is 0.271 e. The minimum absolute atomic E-state index is 0.290.